The highest BCUT2D eigenvalue weighted by molar-refractivity contribution is 5.31. The summed E-state index contributed by atoms with van der Waals surface area (Å²) in [5.41, 5.74) is 5.41. The van der Waals surface area contributed by atoms with Gasteiger partial charge in [0.05, 0.1) is 12.6 Å². The second-order valence-corrected chi connectivity index (χ2v) is 3.07. The minimum atomic E-state index is 0.148. The van der Waals surface area contributed by atoms with E-state index in [9.17, 15) is 0 Å². The maximum absolute atomic E-state index is 5.27. The van der Waals surface area contributed by atoms with Gasteiger partial charge >= 0.3 is 0 Å². The molecule has 0 saturated heterocycles. The summed E-state index contributed by atoms with van der Waals surface area (Å²) in [4.78, 5) is 5.22. The summed E-state index contributed by atoms with van der Waals surface area (Å²) in [6.07, 6.45) is 5.93. The summed E-state index contributed by atoms with van der Waals surface area (Å²) in [5.74, 6) is 2.64. The lowest BCUT2D eigenvalue weighted by atomic mass is 9.98. The molecule has 0 spiro atoms. The highest BCUT2D eigenvalue weighted by Gasteiger charge is 2.18. The Morgan fingerprint density at radius 3 is 3.23 bits per heavy atom. The molecule has 1 aromatic carbocycles. The summed E-state index contributed by atoms with van der Waals surface area (Å²) < 4.78 is 0. The highest BCUT2D eigenvalue weighted by Crippen LogP contribution is 2.24. The molecule has 2 nitrogen and oxygen atoms in total. The van der Waals surface area contributed by atoms with E-state index in [1.165, 1.54) is 11.1 Å². The van der Waals surface area contributed by atoms with Crippen molar-refractivity contribution in [1.29, 1.82) is 0 Å². The van der Waals surface area contributed by atoms with Crippen molar-refractivity contribution in [3.63, 3.8) is 0 Å². The van der Waals surface area contributed by atoms with Gasteiger partial charge in [-0.3, -0.25) is 4.84 Å². The zero-order chi connectivity index (χ0) is 9.10. The maximum Gasteiger partial charge on any atom is 0.0936 e. The minimum absolute atomic E-state index is 0.148. The fraction of sp³-hybridized carbons (Fsp3) is 0.273. The number of hydrogen-bond donors (Lipinski definition) is 1. The largest absolute Gasteiger partial charge is 0.296 e. The van der Waals surface area contributed by atoms with Crippen LogP contribution in [0.1, 0.15) is 23.6 Å². The molecule has 1 aliphatic heterocycles. The first-order valence-corrected chi connectivity index (χ1v) is 4.30. The van der Waals surface area contributed by atoms with E-state index in [2.05, 4.69) is 23.5 Å². The maximum atomic E-state index is 5.27. The molecule has 0 aliphatic carbocycles. The van der Waals surface area contributed by atoms with Gasteiger partial charge in [0.15, 0.2) is 0 Å². The number of rotatable bonds is 1. The van der Waals surface area contributed by atoms with E-state index in [4.69, 9.17) is 11.3 Å². The normalized spacial score (nSPS) is 20.4. The van der Waals surface area contributed by atoms with Gasteiger partial charge in [0, 0.05) is 6.42 Å². The first-order valence-electron chi connectivity index (χ1n) is 4.30. The first kappa shape index (κ1) is 8.31. The fourth-order valence-corrected chi connectivity index (χ4v) is 1.56. The van der Waals surface area contributed by atoms with E-state index in [1.54, 1.807) is 0 Å². The Kier molecular flexibility index (Phi) is 2.31. The van der Waals surface area contributed by atoms with Gasteiger partial charge in [-0.1, -0.05) is 24.3 Å². The third-order valence-corrected chi connectivity index (χ3v) is 2.21. The molecular weight excluding hydrogens is 162 g/mol. The van der Waals surface area contributed by atoms with E-state index in [0.717, 1.165) is 0 Å². The van der Waals surface area contributed by atoms with Crippen LogP contribution in [0.5, 0.6) is 0 Å². The van der Waals surface area contributed by atoms with Gasteiger partial charge in [0.25, 0.3) is 0 Å². The lowest BCUT2D eigenvalue weighted by Crippen LogP contribution is -2.27. The number of fused-ring (bicyclic) bond motifs is 1. The third kappa shape index (κ3) is 1.57. The van der Waals surface area contributed by atoms with Crippen molar-refractivity contribution in [1.82, 2.24) is 5.48 Å². The van der Waals surface area contributed by atoms with Crippen molar-refractivity contribution in [3.8, 4) is 12.3 Å². The molecule has 0 bridgehead atoms. The lowest BCUT2D eigenvalue weighted by Gasteiger charge is -2.24. The molecule has 0 amide bonds. The molecule has 2 heteroatoms. The fourth-order valence-electron chi connectivity index (χ4n) is 1.56. The van der Waals surface area contributed by atoms with Crippen molar-refractivity contribution in [2.24, 2.45) is 0 Å². The van der Waals surface area contributed by atoms with Gasteiger partial charge in [-0.2, -0.15) is 5.48 Å². The van der Waals surface area contributed by atoms with Gasteiger partial charge in [0.2, 0.25) is 0 Å². The molecule has 0 radical (unpaired) electrons. The molecular formula is C11H11NO. The summed E-state index contributed by atoms with van der Waals surface area (Å²) in [5, 5.41) is 0. The van der Waals surface area contributed by atoms with Crippen LogP contribution in [0.4, 0.5) is 0 Å². The molecule has 2 rings (SSSR count). The first-order chi connectivity index (χ1) is 6.42. The van der Waals surface area contributed by atoms with Crippen LogP contribution in [0.2, 0.25) is 0 Å². The van der Waals surface area contributed by atoms with Gasteiger partial charge in [0.1, 0.15) is 0 Å². The molecule has 1 aliphatic rings. The predicted octanol–water partition coefficient (Wildman–Crippen LogP) is 1.79. The molecule has 1 atom stereocenters. The zero-order valence-electron chi connectivity index (χ0n) is 7.29. The highest BCUT2D eigenvalue weighted by atomic mass is 16.6. The second-order valence-electron chi connectivity index (χ2n) is 3.07. The summed E-state index contributed by atoms with van der Waals surface area (Å²) in [6.45, 7) is 0.622. The van der Waals surface area contributed by atoms with Gasteiger partial charge in [-0.05, 0) is 11.1 Å². The Hall–Kier alpha value is -1.30. The van der Waals surface area contributed by atoms with E-state index >= 15 is 0 Å². The van der Waals surface area contributed by atoms with Gasteiger partial charge in [-0.15, -0.1) is 12.3 Å². The average molecular weight is 173 g/mol. The van der Waals surface area contributed by atoms with E-state index in [-0.39, 0.29) is 6.04 Å². The van der Waals surface area contributed by atoms with E-state index < -0.39 is 0 Å². The monoisotopic (exact) mass is 173 g/mol. The summed E-state index contributed by atoms with van der Waals surface area (Å²) >= 11 is 0. The topological polar surface area (TPSA) is 21.3 Å². The van der Waals surface area contributed by atoms with E-state index in [1.807, 2.05) is 12.1 Å². The Bertz CT molecular complexity index is 340. The van der Waals surface area contributed by atoms with Gasteiger partial charge < -0.3 is 0 Å². The summed E-state index contributed by atoms with van der Waals surface area (Å²) in [6, 6.07) is 8.34. The molecule has 0 saturated carbocycles. The van der Waals surface area contributed by atoms with E-state index in [0.29, 0.717) is 13.0 Å². The SMILES string of the molecule is C#CCC1NOCc2ccccc21. The standard InChI is InChI=1S/C11H11NO/c1-2-5-11-10-7-4-3-6-9(10)8-13-12-11/h1,3-4,6-7,11-12H,5,8H2. The Balaban J connectivity index is 2.32. The Labute approximate surface area is 77.9 Å². The van der Waals surface area contributed by atoms with Crippen LogP contribution in [0, 0.1) is 12.3 Å². The van der Waals surface area contributed by atoms with Crippen LogP contribution in [0.25, 0.3) is 0 Å². The van der Waals surface area contributed by atoms with Crippen molar-refractivity contribution >= 4 is 0 Å². The number of terminal acetylenes is 1. The predicted molar refractivity (Wildman–Crippen MR) is 50.6 cm³/mol. The minimum Gasteiger partial charge on any atom is -0.296 e. The number of benzene rings is 1. The van der Waals surface area contributed by atoms with Crippen LogP contribution in [0.15, 0.2) is 24.3 Å². The van der Waals surface area contributed by atoms with Crippen LogP contribution >= 0.6 is 0 Å². The Morgan fingerprint density at radius 1 is 1.54 bits per heavy atom. The van der Waals surface area contributed by atoms with Gasteiger partial charge in [-0.25, -0.2) is 0 Å². The molecule has 1 aromatic rings. The molecule has 1 N–H and O–H groups in total. The second kappa shape index (κ2) is 3.61. The molecule has 1 heterocycles. The van der Waals surface area contributed by atoms with Crippen LogP contribution in [0.3, 0.4) is 0 Å². The number of hydroxylamine groups is 1. The zero-order valence-corrected chi connectivity index (χ0v) is 7.29. The van der Waals surface area contributed by atoms with Crippen molar-refractivity contribution in [3.05, 3.63) is 35.4 Å². The van der Waals surface area contributed by atoms with Crippen molar-refractivity contribution in [2.45, 2.75) is 19.1 Å². The summed E-state index contributed by atoms with van der Waals surface area (Å²) in [7, 11) is 0. The molecule has 66 valence electrons. The van der Waals surface area contributed by atoms with Crippen LogP contribution < -0.4 is 5.48 Å². The molecule has 0 fully saturated rings. The smallest absolute Gasteiger partial charge is 0.0936 e. The number of hydrogen-bond acceptors (Lipinski definition) is 2. The van der Waals surface area contributed by atoms with Crippen molar-refractivity contribution in [2.75, 3.05) is 0 Å². The number of nitrogens with one attached hydrogen (secondary N) is 1. The third-order valence-electron chi connectivity index (χ3n) is 2.21. The molecule has 1 unspecified atom stereocenters. The molecule has 13 heavy (non-hydrogen) atoms. The Morgan fingerprint density at radius 2 is 2.38 bits per heavy atom. The molecule has 0 aromatic heterocycles. The quantitative estimate of drug-likeness (QED) is 0.654. The van der Waals surface area contributed by atoms with Crippen LogP contribution in [-0.2, 0) is 11.4 Å². The van der Waals surface area contributed by atoms with Crippen LogP contribution in [-0.4, -0.2) is 0 Å². The average Bonchev–Trinajstić information content (AvgIpc) is 2.19. The lowest BCUT2D eigenvalue weighted by molar-refractivity contribution is -0.0104. The van der Waals surface area contributed by atoms with Crippen molar-refractivity contribution < 1.29 is 4.84 Å².